The van der Waals surface area contributed by atoms with Gasteiger partial charge in [-0.1, -0.05) is 11.8 Å². The van der Waals surface area contributed by atoms with E-state index in [-0.39, 0.29) is 6.10 Å². The van der Waals surface area contributed by atoms with Gasteiger partial charge in [0.1, 0.15) is 6.10 Å². The first-order chi connectivity index (χ1) is 7.83. The fourth-order valence-electron chi connectivity index (χ4n) is 1.38. The van der Waals surface area contributed by atoms with Crippen molar-refractivity contribution in [1.82, 2.24) is 4.90 Å². The third kappa shape index (κ3) is 5.72. The van der Waals surface area contributed by atoms with Gasteiger partial charge in [-0.2, -0.15) is 5.26 Å². The fraction of sp³-hybridized carbons (Fsp3) is 0.750. The Kier molecular flexibility index (Phi) is 6.60. The van der Waals surface area contributed by atoms with Gasteiger partial charge in [0.15, 0.2) is 0 Å². The maximum Gasteiger partial charge on any atom is 0.115 e. The molecular formula is C12H18N2O2. The smallest absolute Gasteiger partial charge is 0.115 e. The number of hydrogen-bond donors (Lipinski definition) is 0. The van der Waals surface area contributed by atoms with Gasteiger partial charge in [-0.05, 0) is 6.92 Å². The van der Waals surface area contributed by atoms with E-state index in [1.807, 2.05) is 13.0 Å². The molecule has 1 aliphatic rings. The molecule has 4 nitrogen and oxygen atoms in total. The molecule has 1 aliphatic heterocycles. The molecule has 0 aromatic carbocycles. The van der Waals surface area contributed by atoms with Crippen molar-refractivity contribution in [2.45, 2.75) is 19.4 Å². The van der Waals surface area contributed by atoms with Gasteiger partial charge in [0.25, 0.3) is 0 Å². The zero-order chi connectivity index (χ0) is 11.6. The van der Waals surface area contributed by atoms with Crippen LogP contribution in [0.15, 0.2) is 0 Å². The summed E-state index contributed by atoms with van der Waals surface area (Å²) in [5.41, 5.74) is 0. The van der Waals surface area contributed by atoms with Gasteiger partial charge in [0.2, 0.25) is 0 Å². The van der Waals surface area contributed by atoms with Crippen LogP contribution in [0.1, 0.15) is 13.3 Å². The van der Waals surface area contributed by atoms with Crippen molar-refractivity contribution in [3.05, 3.63) is 0 Å². The van der Waals surface area contributed by atoms with Crippen molar-refractivity contribution in [3.63, 3.8) is 0 Å². The summed E-state index contributed by atoms with van der Waals surface area (Å²) in [6.45, 7) is 6.66. The minimum absolute atomic E-state index is 0.0885. The van der Waals surface area contributed by atoms with Gasteiger partial charge in [0, 0.05) is 13.1 Å². The molecule has 0 aliphatic carbocycles. The van der Waals surface area contributed by atoms with Crippen LogP contribution in [0.2, 0.25) is 0 Å². The predicted octanol–water partition coefficient (Wildman–Crippen LogP) is 0.641. The van der Waals surface area contributed by atoms with Crippen molar-refractivity contribution >= 4 is 0 Å². The molecule has 1 rings (SSSR count). The van der Waals surface area contributed by atoms with E-state index in [9.17, 15) is 0 Å². The first-order valence-corrected chi connectivity index (χ1v) is 5.60. The highest BCUT2D eigenvalue weighted by atomic mass is 16.5. The fourth-order valence-corrected chi connectivity index (χ4v) is 1.38. The van der Waals surface area contributed by atoms with Crippen LogP contribution < -0.4 is 0 Å². The molecule has 1 atom stereocenters. The topological polar surface area (TPSA) is 45.5 Å². The Morgan fingerprint density at radius 2 is 2.19 bits per heavy atom. The highest BCUT2D eigenvalue weighted by molar-refractivity contribution is 5.05. The number of ether oxygens (including phenoxy) is 2. The minimum atomic E-state index is -0.0885. The molecule has 1 fully saturated rings. The van der Waals surface area contributed by atoms with E-state index >= 15 is 0 Å². The SMILES string of the molecule is CC(C#CCN1CCOCC1)OCCC#N. The first kappa shape index (κ1) is 13.0. The summed E-state index contributed by atoms with van der Waals surface area (Å²) >= 11 is 0. The van der Waals surface area contributed by atoms with E-state index in [0.29, 0.717) is 13.0 Å². The highest BCUT2D eigenvalue weighted by Gasteiger charge is 2.07. The van der Waals surface area contributed by atoms with E-state index in [0.717, 1.165) is 32.8 Å². The molecule has 0 radical (unpaired) electrons. The van der Waals surface area contributed by atoms with E-state index in [4.69, 9.17) is 14.7 Å². The van der Waals surface area contributed by atoms with Crippen LogP contribution in [0.25, 0.3) is 0 Å². The molecule has 0 aromatic rings. The molecule has 0 spiro atoms. The quantitative estimate of drug-likeness (QED) is 0.517. The van der Waals surface area contributed by atoms with E-state index in [1.54, 1.807) is 0 Å². The molecular weight excluding hydrogens is 204 g/mol. The van der Waals surface area contributed by atoms with Crippen molar-refractivity contribution < 1.29 is 9.47 Å². The zero-order valence-electron chi connectivity index (χ0n) is 9.74. The Morgan fingerprint density at radius 1 is 1.44 bits per heavy atom. The van der Waals surface area contributed by atoms with Crippen LogP contribution in [0, 0.1) is 23.2 Å². The number of nitrogens with zero attached hydrogens (tertiary/aromatic N) is 2. The third-order valence-corrected chi connectivity index (χ3v) is 2.29. The zero-order valence-corrected chi connectivity index (χ0v) is 9.74. The number of morpholine rings is 1. The average molecular weight is 222 g/mol. The van der Waals surface area contributed by atoms with Crippen LogP contribution >= 0.6 is 0 Å². The van der Waals surface area contributed by atoms with Gasteiger partial charge >= 0.3 is 0 Å². The summed E-state index contributed by atoms with van der Waals surface area (Å²) in [7, 11) is 0. The lowest BCUT2D eigenvalue weighted by atomic mass is 10.3. The number of hydrogen-bond acceptors (Lipinski definition) is 4. The van der Waals surface area contributed by atoms with Gasteiger partial charge in [0.05, 0.1) is 38.9 Å². The van der Waals surface area contributed by atoms with Gasteiger partial charge in [-0.15, -0.1) is 0 Å². The van der Waals surface area contributed by atoms with Gasteiger partial charge < -0.3 is 9.47 Å². The number of nitriles is 1. The van der Waals surface area contributed by atoms with Crippen molar-refractivity contribution in [1.29, 1.82) is 5.26 Å². The summed E-state index contributed by atoms with van der Waals surface area (Å²) in [5, 5.41) is 8.34. The molecule has 1 heterocycles. The molecule has 16 heavy (non-hydrogen) atoms. The van der Waals surface area contributed by atoms with E-state index < -0.39 is 0 Å². The molecule has 1 unspecified atom stereocenters. The molecule has 0 bridgehead atoms. The summed E-state index contributed by atoms with van der Waals surface area (Å²) in [6, 6.07) is 2.04. The van der Waals surface area contributed by atoms with Crippen molar-refractivity contribution in [2.75, 3.05) is 39.5 Å². The molecule has 88 valence electrons. The highest BCUT2D eigenvalue weighted by Crippen LogP contribution is 1.95. The minimum Gasteiger partial charge on any atom is -0.379 e. The van der Waals surface area contributed by atoms with E-state index in [1.165, 1.54) is 0 Å². The van der Waals surface area contributed by atoms with Crippen LogP contribution in [0.5, 0.6) is 0 Å². The molecule has 0 aromatic heterocycles. The molecule has 0 saturated carbocycles. The predicted molar refractivity (Wildman–Crippen MR) is 60.7 cm³/mol. The van der Waals surface area contributed by atoms with Gasteiger partial charge in [-0.3, -0.25) is 4.90 Å². The van der Waals surface area contributed by atoms with Crippen LogP contribution in [-0.4, -0.2) is 50.5 Å². The lowest BCUT2D eigenvalue weighted by Gasteiger charge is -2.24. The molecule has 0 amide bonds. The normalized spacial score (nSPS) is 18.2. The van der Waals surface area contributed by atoms with Crippen molar-refractivity contribution in [2.24, 2.45) is 0 Å². The second-order valence-electron chi connectivity index (χ2n) is 3.63. The largest absolute Gasteiger partial charge is 0.379 e. The average Bonchev–Trinajstić information content (AvgIpc) is 2.31. The second-order valence-corrected chi connectivity index (χ2v) is 3.63. The van der Waals surface area contributed by atoms with Crippen LogP contribution in [-0.2, 0) is 9.47 Å². The Balaban J connectivity index is 2.12. The van der Waals surface area contributed by atoms with E-state index in [2.05, 4.69) is 16.7 Å². The maximum absolute atomic E-state index is 8.34. The number of rotatable bonds is 4. The summed E-state index contributed by atoms with van der Waals surface area (Å²) in [6.07, 6.45) is 0.338. The lowest BCUT2D eigenvalue weighted by molar-refractivity contribution is 0.0442. The lowest BCUT2D eigenvalue weighted by Crippen LogP contribution is -2.36. The Hall–Kier alpha value is -1.07. The van der Waals surface area contributed by atoms with Gasteiger partial charge in [-0.25, -0.2) is 0 Å². The second kappa shape index (κ2) is 8.13. The summed E-state index contributed by atoms with van der Waals surface area (Å²) < 4.78 is 10.6. The Morgan fingerprint density at radius 3 is 2.88 bits per heavy atom. The standard InChI is InChI=1S/C12H18N2O2/c1-12(16-9-3-5-13)4-2-6-14-7-10-15-11-8-14/h12H,3,6-11H2,1H3. The van der Waals surface area contributed by atoms with Crippen LogP contribution in [0.4, 0.5) is 0 Å². The van der Waals surface area contributed by atoms with Crippen LogP contribution in [0.3, 0.4) is 0 Å². The first-order valence-electron chi connectivity index (χ1n) is 5.60. The molecule has 1 saturated heterocycles. The molecule has 0 N–H and O–H groups in total. The monoisotopic (exact) mass is 222 g/mol. The van der Waals surface area contributed by atoms with Crippen molar-refractivity contribution in [3.8, 4) is 17.9 Å². The summed E-state index contributed by atoms with van der Waals surface area (Å²) in [5.74, 6) is 6.12. The summed E-state index contributed by atoms with van der Waals surface area (Å²) in [4.78, 5) is 2.26. The Labute approximate surface area is 97.1 Å². The molecule has 4 heteroatoms. The Bertz CT molecular complexity index is 282. The third-order valence-electron chi connectivity index (χ3n) is 2.29. The maximum atomic E-state index is 8.34.